The number of nitrogens with one attached hydrogen (secondary N) is 1. The van der Waals surface area contributed by atoms with E-state index in [1.807, 2.05) is 6.92 Å². The first-order chi connectivity index (χ1) is 4.57. The topological polar surface area (TPSA) is 49.3 Å². The van der Waals surface area contributed by atoms with Gasteiger partial charge in [0.05, 0.1) is 6.04 Å². The van der Waals surface area contributed by atoms with Crippen molar-refractivity contribution in [3.8, 4) is 0 Å². The quantitative estimate of drug-likeness (QED) is 0.578. The molecule has 3 heteroatoms. The Balaban J connectivity index is 3.83. The highest BCUT2D eigenvalue weighted by Gasteiger charge is 2.08. The summed E-state index contributed by atoms with van der Waals surface area (Å²) < 4.78 is 0. The predicted octanol–water partition coefficient (Wildman–Crippen LogP) is 0.973. The zero-order valence-corrected chi connectivity index (χ0v) is 6.35. The molecule has 0 aromatic heterocycles. The largest absolute Gasteiger partial charge is 0.511 e. The number of amides is 1. The van der Waals surface area contributed by atoms with Crippen LogP contribution in [0.15, 0.2) is 12.3 Å². The van der Waals surface area contributed by atoms with Crippen LogP contribution in [0.3, 0.4) is 0 Å². The SMILES string of the molecule is C=C(O)[C@H](CC)NC(C)=O. The van der Waals surface area contributed by atoms with Crippen LogP contribution in [-0.2, 0) is 4.79 Å². The van der Waals surface area contributed by atoms with Crippen molar-refractivity contribution in [3.63, 3.8) is 0 Å². The molecule has 0 aliphatic heterocycles. The Kier molecular flexibility index (Phi) is 3.54. The molecule has 2 N–H and O–H groups in total. The average molecular weight is 143 g/mol. The zero-order valence-electron chi connectivity index (χ0n) is 6.35. The summed E-state index contributed by atoms with van der Waals surface area (Å²) in [7, 11) is 0. The molecule has 0 spiro atoms. The minimum atomic E-state index is -0.294. The number of rotatable bonds is 3. The first kappa shape index (κ1) is 9.01. The normalized spacial score (nSPS) is 12.2. The van der Waals surface area contributed by atoms with Crippen LogP contribution in [0.4, 0.5) is 0 Å². The van der Waals surface area contributed by atoms with Crippen LogP contribution in [0.1, 0.15) is 20.3 Å². The van der Waals surface area contributed by atoms with E-state index in [4.69, 9.17) is 5.11 Å². The van der Waals surface area contributed by atoms with E-state index >= 15 is 0 Å². The smallest absolute Gasteiger partial charge is 0.217 e. The minimum Gasteiger partial charge on any atom is -0.511 e. The van der Waals surface area contributed by atoms with E-state index < -0.39 is 0 Å². The fourth-order valence-electron chi connectivity index (χ4n) is 0.666. The highest BCUT2D eigenvalue weighted by molar-refractivity contribution is 5.73. The minimum absolute atomic E-state index is 0.0118. The molecule has 0 bridgehead atoms. The predicted molar refractivity (Wildman–Crippen MR) is 39.7 cm³/mol. The third-order valence-electron chi connectivity index (χ3n) is 1.19. The van der Waals surface area contributed by atoms with Gasteiger partial charge >= 0.3 is 0 Å². The fraction of sp³-hybridized carbons (Fsp3) is 0.571. The van der Waals surface area contributed by atoms with E-state index in [0.717, 1.165) is 0 Å². The molecular weight excluding hydrogens is 130 g/mol. The van der Waals surface area contributed by atoms with Gasteiger partial charge < -0.3 is 10.4 Å². The summed E-state index contributed by atoms with van der Waals surface area (Å²) in [6.07, 6.45) is 0.662. The third-order valence-corrected chi connectivity index (χ3v) is 1.19. The molecule has 0 saturated carbocycles. The second-order valence-corrected chi connectivity index (χ2v) is 2.15. The molecule has 1 amide bonds. The molecule has 0 saturated heterocycles. The molecule has 0 unspecified atom stereocenters. The van der Waals surface area contributed by atoms with Gasteiger partial charge in [0.2, 0.25) is 5.91 Å². The Labute approximate surface area is 60.7 Å². The summed E-state index contributed by atoms with van der Waals surface area (Å²) in [5.74, 6) is -0.139. The lowest BCUT2D eigenvalue weighted by atomic mass is 10.2. The van der Waals surface area contributed by atoms with Gasteiger partial charge in [0.15, 0.2) is 0 Å². The van der Waals surface area contributed by atoms with Crippen LogP contribution in [0, 0.1) is 0 Å². The molecule has 1 atom stereocenters. The number of aliphatic hydroxyl groups is 1. The molecule has 0 aliphatic carbocycles. The summed E-state index contributed by atoms with van der Waals surface area (Å²) in [6.45, 7) is 6.59. The highest BCUT2D eigenvalue weighted by Crippen LogP contribution is 1.98. The zero-order chi connectivity index (χ0) is 8.15. The molecular formula is C7H13NO2. The Morgan fingerprint density at radius 1 is 1.80 bits per heavy atom. The van der Waals surface area contributed by atoms with Crippen LogP contribution in [0.5, 0.6) is 0 Å². The standard InChI is InChI=1S/C7H13NO2/c1-4-7(5(2)9)8-6(3)10/h7,9H,2,4H2,1,3H3,(H,8,10)/t7-/m0/s1. The summed E-state index contributed by atoms with van der Waals surface area (Å²) in [5.41, 5.74) is 0. The van der Waals surface area contributed by atoms with E-state index in [9.17, 15) is 4.79 Å². The van der Waals surface area contributed by atoms with Crippen molar-refractivity contribution >= 4 is 5.91 Å². The molecule has 0 aliphatic rings. The van der Waals surface area contributed by atoms with E-state index in [0.29, 0.717) is 6.42 Å². The molecule has 0 heterocycles. The summed E-state index contributed by atoms with van der Waals surface area (Å²) in [4.78, 5) is 10.5. The second kappa shape index (κ2) is 3.93. The Bertz CT molecular complexity index is 143. The number of aliphatic hydroxyl groups excluding tert-OH is 1. The first-order valence-corrected chi connectivity index (χ1v) is 3.22. The van der Waals surface area contributed by atoms with Gasteiger partial charge in [-0.05, 0) is 6.42 Å². The Morgan fingerprint density at radius 2 is 2.30 bits per heavy atom. The van der Waals surface area contributed by atoms with Gasteiger partial charge in [0.1, 0.15) is 5.76 Å². The van der Waals surface area contributed by atoms with E-state index in [-0.39, 0.29) is 17.7 Å². The van der Waals surface area contributed by atoms with Crippen LogP contribution in [0.25, 0.3) is 0 Å². The molecule has 0 radical (unpaired) electrons. The van der Waals surface area contributed by atoms with Gasteiger partial charge in [-0.3, -0.25) is 4.79 Å². The molecule has 10 heavy (non-hydrogen) atoms. The number of hydrogen-bond donors (Lipinski definition) is 2. The maximum atomic E-state index is 10.5. The van der Waals surface area contributed by atoms with Crippen molar-refractivity contribution in [2.24, 2.45) is 0 Å². The lowest BCUT2D eigenvalue weighted by Gasteiger charge is -2.13. The lowest BCUT2D eigenvalue weighted by Crippen LogP contribution is -2.33. The molecule has 0 fully saturated rings. The molecule has 58 valence electrons. The van der Waals surface area contributed by atoms with Crippen molar-refractivity contribution in [2.45, 2.75) is 26.3 Å². The van der Waals surface area contributed by atoms with Crippen molar-refractivity contribution in [1.82, 2.24) is 5.32 Å². The van der Waals surface area contributed by atoms with E-state index in [1.54, 1.807) is 0 Å². The van der Waals surface area contributed by atoms with Crippen LogP contribution >= 0.6 is 0 Å². The maximum absolute atomic E-state index is 10.5. The van der Waals surface area contributed by atoms with Crippen LogP contribution in [-0.4, -0.2) is 17.1 Å². The molecule has 0 aromatic rings. The number of carbonyl (C=O) groups is 1. The van der Waals surface area contributed by atoms with Gasteiger partial charge in [0, 0.05) is 6.92 Å². The van der Waals surface area contributed by atoms with E-state index in [1.165, 1.54) is 6.92 Å². The van der Waals surface area contributed by atoms with Gasteiger partial charge in [-0.2, -0.15) is 0 Å². The second-order valence-electron chi connectivity index (χ2n) is 2.15. The van der Waals surface area contributed by atoms with Crippen molar-refractivity contribution < 1.29 is 9.90 Å². The number of carbonyl (C=O) groups excluding carboxylic acids is 1. The Morgan fingerprint density at radius 3 is 2.40 bits per heavy atom. The highest BCUT2D eigenvalue weighted by atomic mass is 16.3. The van der Waals surface area contributed by atoms with Crippen molar-refractivity contribution in [2.75, 3.05) is 0 Å². The van der Waals surface area contributed by atoms with Crippen LogP contribution in [0.2, 0.25) is 0 Å². The van der Waals surface area contributed by atoms with Crippen molar-refractivity contribution in [3.05, 3.63) is 12.3 Å². The van der Waals surface area contributed by atoms with Gasteiger partial charge in [-0.1, -0.05) is 13.5 Å². The summed E-state index contributed by atoms with van der Waals surface area (Å²) in [5, 5.41) is 11.4. The van der Waals surface area contributed by atoms with Gasteiger partial charge in [-0.25, -0.2) is 0 Å². The molecule has 0 aromatic carbocycles. The van der Waals surface area contributed by atoms with E-state index in [2.05, 4.69) is 11.9 Å². The van der Waals surface area contributed by atoms with Gasteiger partial charge in [0.25, 0.3) is 0 Å². The molecule has 0 rings (SSSR count). The van der Waals surface area contributed by atoms with Crippen LogP contribution < -0.4 is 5.32 Å². The maximum Gasteiger partial charge on any atom is 0.217 e. The first-order valence-electron chi connectivity index (χ1n) is 3.22. The van der Waals surface area contributed by atoms with Crippen molar-refractivity contribution in [1.29, 1.82) is 0 Å². The molecule has 3 nitrogen and oxygen atoms in total. The fourth-order valence-corrected chi connectivity index (χ4v) is 0.666. The van der Waals surface area contributed by atoms with Gasteiger partial charge in [-0.15, -0.1) is 0 Å². The number of hydrogen-bond acceptors (Lipinski definition) is 2. The summed E-state index contributed by atoms with van der Waals surface area (Å²) in [6, 6.07) is -0.294. The lowest BCUT2D eigenvalue weighted by molar-refractivity contribution is -0.119. The Hall–Kier alpha value is -0.990. The monoisotopic (exact) mass is 143 g/mol. The summed E-state index contributed by atoms with van der Waals surface area (Å²) >= 11 is 0. The average Bonchev–Trinajstić information content (AvgIpc) is 1.81. The third kappa shape index (κ3) is 3.12.